The lowest BCUT2D eigenvalue weighted by Crippen LogP contribution is -2.58. The number of cyclic esters (lactones) is 1. The molecule has 31 heavy (non-hydrogen) atoms. The highest BCUT2D eigenvalue weighted by molar-refractivity contribution is 6.30. The topological polar surface area (TPSA) is 92.0 Å². The summed E-state index contributed by atoms with van der Waals surface area (Å²) in [6, 6.07) is 5.77. The minimum absolute atomic E-state index is 0.157. The van der Waals surface area contributed by atoms with E-state index in [1.165, 1.54) is 0 Å². The van der Waals surface area contributed by atoms with E-state index < -0.39 is 36.5 Å². The number of allylic oxidation sites excluding steroid dienone is 1. The molecule has 1 saturated heterocycles. The Morgan fingerprint density at radius 2 is 2.16 bits per heavy atom. The van der Waals surface area contributed by atoms with Gasteiger partial charge in [0.2, 0.25) is 5.89 Å². The van der Waals surface area contributed by atoms with Crippen LogP contribution in [0.4, 0.5) is 13.6 Å². The number of carbonyl (C=O) groups is 1. The van der Waals surface area contributed by atoms with Gasteiger partial charge in [-0.3, -0.25) is 10.2 Å². The maximum atomic E-state index is 14.4. The number of alkyl halides is 1. The number of oxazole rings is 1. The third-order valence-electron chi connectivity index (χ3n) is 4.92. The van der Waals surface area contributed by atoms with Crippen LogP contribution in [0.5, 0.6) is 0 Å². The molecular weight excluding hydrogens is 432 g/mol. The summed E-state index contributed by atoms with van der Waals surface area (Å²) >= 11 is 5.91. The minimum Gasteiger partial charge on any atom is -0.447 e. The molecule has 2 unspecified atom stereocenters. The number of carbonyl (C=O) groups excluding carboxylic acids is 1. The number of nitrogens with one attached hydrogen (secondary N) is 2. The molecule has 0 bridgehead atoms. The fraction of sp³-hybridized carbons (Fsp3) is 0.350. The van der Waals surface area contributed by atoms with Gasteiger partial charge in [-0.25, -0.2) is 23.6 Å². The van der Waals surface area contributed by atoms with Crippen LogP contribution in [-0.2, 0) is 4.74 Å². The molecule has 2 aliphatic rings. The maximum Gasteiger partial charge on any atom is 0.416 e. The van der Waals surface area contributed by atoms with Gasteiger partial charge in [-0.1, -0.05) is 11.6 Å². The molecule has 3 atom stereocenters. The van der Waals surface area contributed by atoms with E-state index in [0.717, 1.165) is 16.7 Å². The summed E-state index contributed by atoms with van der Waals surface area (Å²) in [5.41, 5.74) is 0.812. The first kappa shape index (κ1) is 21.3. The normalized spacial score (nSPS) is 24.4. The van der Waals surface area contributed by atoms with E-state index in [4.69, 9.17) is 20.8 Å². The molecule has 2 N–H and O–H groups in total. The fourth-order valence-electron chi connectivity index (χ4n) is 3.38. The Morgan fingerprint density at radius 3 is 2.87 bits per heavy atom. The smallest absolute Gasteiger partial charge is 0.416 e. The van der Waals surface area contributed by atoms with Crippen LogP contribution >= 0.6 is 11.6 Å². The molecular formula is C20H20ClF2N5O3. The summed E-state index contributed by atoms with van der Waals surface area (Å²) in [5.74, 6) is -1.30. The summed E-state index contributed by atoms with van der Waals surface area (Å²) in [7, 11) is 0. The summed E-state index contributed by atoms with van der Waals surface area (Å²) in [6.45, 7) is 2.41. The van der Waals surface area contributed by atoms with Gasteiger partial charge in [0.25, 0.3) is 0 Å². The van der Waals surface area contributed by atoms with Crippen LogP contribution in [0.2, 0.25) is 5.02 Å². The van der Waals surface area contributed by atoms with E-state index >= 15 is 0 Å². The largest absolute Gasteiger partial charge is 0.447 e. The number of aromatic nitrogens is 1. The lowest BCUT2D eigenvalue weighted by atomic mass is 10.2. The van der Waals surface area contributed by atoms with E-state index in [0.29, 0.717) is 16.7 Å². The minimum atomic E-state index is -1.22. The molecule has 2 aromatic rings. The Bertz CT molecular complexity index is 1040. The Morgan fingerprint density at radius 1 is 1.42 bits per heavy atom. The molecule has 1 aromatic carbocycles. The second-order valence-electron chi connectivity index (χ2n) is 7.34. The number of ether oxygens (including phenoxy) is 1. The van der Waals surface area contributed by atoms with Crippen molar-refractivity contribution in [3.05, 3.63) is 53.0 Å². The quantitative estimate of drug-likeness (QED) is 0.691. The Labute approximate surface area is 181 Å². The highest BCUT2D eigenvalue weighted by Gasteiger charge is 2.41. The van der Waals surface area contributed by atoms with Gasteiger partial charge in [-0.15, -0.1) is 0 Å². The standard InChI is InChI=1S/C20H20ClF2N5O3/c1-11(18-24-9-16(31-18)12-3-5-13(21)6-4-12)26-20(2)25-8-15(23)17(27-20)28-14(7-22)10-30-19(28)29/h3-6,8-9,11,14,26-27H,7,10H2,1-2H3/t11?,14-,20?/m0/s1. The molecule has 164 valence electrons. The van der Waals surface area contributed by atoms with Crippen LogP contribution in [0.3, 0.4) is 0 Å². The zero-order chi connectivity index (χ0) is 22.2. The number of amides is 1. The average molecular weight is 452 g/mol. The van der Waals surface area contributed by atoms with Crippen molar-refractivity contribution < 1.29 is 22.7 Å². The van der Waals surface area contributed by atoms with E-state index in [1.807, 2.05) is 12.1 Å². The van der Waals surface area contributed by atoms with Gasteiger partial charge in [-0.05, 0) is 38.1 Å². The van der Waals surface area contributed by atoms with Crippen LogP contribution in [0, 0.1) is 0 Å². The van der Waals surface area contributed by atoms with Crippen LogP contribution in [0.1, 0.15) is 25.8 Å². The summed E-state index contributed by atoms with van der Waals surface area (Å²) in [4.78, 5) is 21.4. The van der Waals surface area contributed by atoms with Crippen LogP contribution < -0.4 is 10.6 Å². The number of aliphatic imine (C=N–C) groups is 1. The van der Waals surface area contributed by atoms with Crippen molar-refractivity contribution in [2.24, 2.45) is 4.99 Å². The van der Waals surface area contributed by atoms with Crippen LogP contribution in [0.25, 0.3) is 11.3 Å². The van der Waals surface area contributed by atoms with Crippen molar-refractivity contribution in [1.82, 2.24) is 20.5 Å². The summed E-state index contributed by atoms with van der Waals surface area (Å²) < 4.78 is 38.4. The van der Waals surface area contributed by atoms with E-state index in [2.05, 4.69) is 20.6 Å². The fourth-order valence-corrected chi connectivity index (χ4v) is 3.51. The second-order valence-corrected chi connectivity index (χ2v) is 7.78. The molecule has 0 radical (unpaired) electrons. The second kappa shape index (κ2) is 8.27. The molecule has 0 aliphatic carbocycles. The van der Waals surface area contributed by atoms with Gasteiger partial charge in [0.05, 0.1) is 18.5 Å². The van der Waals surface area contributed by atoms with Crippen molar-refractivity contribution in [3.63, 3.8) is 0 Å². The molecule has 0 spiro atoms. The Hall–Kier alpha value is -2.98. The van der Waals surface area contributed by atoms with E-state index in [-0.39, 0.29) is 12.4 Å². The lowest BCUT2D eigenvalue weighted by Gasteiger charge is -2.37. The Balaban J connectivity index is 1.50. The zero-order valence-corrected chi connectivity index (χ0v) is 17.5. The third-order valence-corrected chi connectivity index (χ3v) is 5.18. The van der Waals surface area contributed by atoms with Crippen LogP contribution in [0.15, 0.2) is 51.5 Å². The monoisotopic (exact) mass is 451 g/mol. The number of hydrogen-bond acceptors (Lipinski definition) is 7. The van der Waals surface area contributed by atoms with Gasteiger partial charge >= 0.3 is 6.09 Å². The molecule has 3 heterocycles. The predicted octanol–water partition coefficient (Wildman–Crippen LogP) is 3.92. The first-order chi connectivity index (χ1) is 14.8. The van der Waals surface area contributed by atoms with Gasteiger partial charge in [0, 0.05) is 10.6 Å². The molecule has 1 aromatic heterocycles. The third kappa shape index (κ3) is 4.26. The highest BCUT2D eigenvalue weighted by Crippen LogP contribution is 2.28. The van der Waals surface area contributed by atoms with Gasteiger partial charge in [-0.2, -0.15) is 0 Å². The van der Waals surface area contributed by atoms with Gasteiger partial charge in [0.1, 0.15) is 19.3 Å². The van der Waals surface area contributed by atoms with E-state index in [9.17, 15) is 13.6 Å². The van der Waals surface area contributed by atoms with Crippen molar-refractivity contribution in [2.75, 3.05) is 13.3 Å². The molecule has 4 rings (SSSR count). The molecule has 0 saturated carbocycles. The maximum absolute atomic E-state index is 14.4. The summed E-state index contributed by atoms with van der Waals surface area (Å²) in [6.07, 6.45) is 1.74. The first-order valence-electron chi connectivity index (χ1n) is 9.54. The molecule has 8 nitrogen and oxygen atoms in total. The summed E-state index contributed by atoms with van der Waals surface area (Å²) in [5, 5.41) is 6.59. The SMILES string of the molecule is CC(NC1(C)N=CC(F)=C(N2C(=O)OC[C@@H]2CF)N1)c1ncc(-c2ccc(Cl)cc2)o1. The number of hydrogen-bond donors (Lipinski definition) is 2. The molecule has 1 amide bonds. The lowest BCUT2D eigenvalue weighted by molar-refractivity contribution is 0.156. The van der Waals surface area contributed by atoms with Crippen LogP contribution in [-0.4, -0.2) is 47.3 Å². The number of halogens is 3. The van der Waals surface area contributed by atoms with E-state index in [1.54, 1.807) is 32.2 Å². The number of rotatable bonds is 6. The van der Waals surface area contributed by atoms with Crippen molar-refractivity contribution in [2.45, 2.75) is 31.7 Å². The van der Waals surface area contributed by atoms with Crippen molar-refractivity contribution >= 4 is 23.9 Å². The zero-order valence-electron chi connectivity index (χ0n) is 16.7. The van der Waals surface area contributed by atoms with Crippen molar-refractivity contribution in [3.8, 4) is 11.3 Å². The number of nitrogens with zero attached hydrogens (tertiary/aromatic N) is 3. The van der Waals surface area contributed by atoms with Gasteiger partial charge < -0.3 is 14.5 Å². The van der Waals surface area contributed by atoms with Crippen molar-refractivity contribution in [1.29, 1.82) is 0 Å². The average Bonchev–Trinajstić information content (AvgIpc) is 3.37. The predicted molar refractivity (Wildman–Crippen MR) is 110 cm³/mol. The first-order valence-corrected chi connectivity index (χ1v) is 9.92. The number of benzene rings is 1. The molecule has 11 heteroatoms. The molecule has 2 aliphatic heterocycles. The molecule has 1 fully saturated rings. The highest BCUT2D eigenvalue weighted by atomic mass is 35.5. The van der Waals surface area contributed by atoms with Gasteiger partial charge in [0.15, 0.2) is 23.2 Å². The Kier molecular flexibility index (Phi) is 5.67.